The predicted octanol–water partition coefficient (Wildman–Crippen LogP) is -0.237. The molecule has 0 radical (unpaired) electrons. The number of Topliss-reactive ketones (excluding diaryl/α,β-unsaturated/α-hetero) is 1. The lowest BCUT2D eigenvalue weighted by atomic mass is 10.2. The Morgan fingerprint density at radius 1 is 1.75 bits per heavy atom. The topological polar surface area (TPSA) is 52.6 Å². The number of ketones is 1. The van der Waals surface area contributed by atoms with E-state index in [4.69, 9.17) is 9.47 Å². The predicted molar refractivity (Wildman–Crippen MR) is 38.4 cm³/mol. The molecule has 2 fully saturated rings. The van der Waals surface area contributed by atoms with E-state index >= 15 is 0 Å². The third-order valence-corrected chi connectivity index (χ3v) is 2.30. The van der Waals surface area contributed by atoms with Crippen LogP contribution in [0.5, 0.6) is 0 Å². The number of carbonyl (C=O) groups is 2. The molecule has 1 saturated carbocycles. The summed E-state index contributed by atoms with van der Waals surface area (Å²) in [6, 6.07) is 0. The van der Waals surface area contributed by atoms with Gasteiger partial charge in [0.05, 0.1) is 24.5 Å². The number of fused-ring (bicyclic) bond motifs is 1. The van der Waals surface area contributed by atoms with Gasteiger partial charge in [-0.3, -0.25) is 9.59 Å². The van der Waals surface area contributed by atoms with E-state index in [-0.39, 0.29) is 36.3 Å². The van der Waals surface area contributed by atoms with Crippen LogP contribution in [0.1, 0.15) is 6.92 Å². The number of rotatable bonds is 2. The fourth-order valence-electron chi connectivity index (χ4n) is 1.67. The van der Waals surface area contributed by atoms with Gasteiger partial charge in [0.2, 0.25) is 0 Å². The van der Waals surface area contributed by atoms with Crippen molar-refractivity contribution in [1.82, 2.24) is 0 Å². The third kappa shape index (κ3) is 0.948. The highest BCUT2D eigenvalue weighted by Gasteiger charge is 2.64. The van der Waals surface area contributed by atoms with E-state index < -0.39 is 0 Å². The molecule has 1 heterocycles. The maximum atomic E-state index is 11.1. The van der Waals surface area contributed by atoms with Gasteiger partial charge in [-0.2, -0.15) is 0 Å². The van der Waals surface area contributed by atoms with Crippen molar-refractivity contribution in [3.8, 4) is 0 Å². The van der Waals surface area contributed by atoms with Gasteiger partial charge in [0.25, 0.3) is 0 Å². The number of hydrogen-bond acceptors (Lipinski definition) is 4. The summed E-state index contributed by atoms with van der Waals surface area (Å²) in [6.07, 6.45) is -0.170. The third-order valence-electron chi connectivity index (χ3n) is 2.30. The molecule has 4 heteroatoms. The van der Waals surface area contributed by atoms with E-state index in [1.54, 1.807) is 6.92 Å². The Morgan fingerprint density at radius 3 is 3.00 bits per heavy atom. The molecule has 1 aliphatic heterocycles. The fourth-order valence-corrected chi connectivity index (χ4v) is 1.67. The average Bonchev–Trinajstić information content (AvgIpc) is 2.65. The van der Waals surface area contributed by atoms with Crippen LogP contribution in [-0.2, 0) is 19.1 Å². The maximum Gasteiger partial charge on any atom is 0.312 e. The van der Waals surface area contributed by atoms with Gasteiger partial charge in [0, 0.05) is 0 Å². The lowest BCUT2D eigenvalue weighted by Gasteiger charge is -2.02. The first-order valence-corrected chi connectivity index (χ1v) is 4.06. The number of carbonyl (C=O) groups excluding carboxylic acids is 2. The summed E-state index contributed by atoms with van der Waals surface area (Å²) in [5.74, 6) is -0.742. The molecule has 0 amide bonds. The molecule has 0 N–H and O–H groups in total. The van der Waals surface area contributed by atoms with Gasteiger partial charge in [-0.1, -0.05) is 0 Å². The molecule has 12 heavy (non-hydrogen) atoms. The van der Waals surface area contributed by atoms with Gasteiger partial charge in [0.15, 0.2) is 5.78 Å². The van der Waals surface area contributed by atoms with Crippen LogP contribution in [0, 0.1) is 11.8 Å². The summed E-state index contributed by atoms with van der Waals surface area (Å²) < 4.78 is 9.85. The number of hydrogen-bond donors (Lipinski definition) is 0. The average molecular weight is 170 g/mol. The largest absolute Gasteiger partial charge is 0.466 e. The van der Waals surface area contributed by atoms with Crippen LogP contribution in [0.15, 0.2) is 0 Å². The molecule has 0 aromatic carbocycles. The highest BCUT2D eigenvalue weighted by molar-refractivity contribution is 5.95. The molecule has 4 nitrogen and oxygen atoms in total. The minimum absolute atomic E-state index is 0.0399. The van der Waals surface area contributed by atoms with Crippen LogP contribution in [-0.4, -0.2) is 31.1 Å². The van der Waals surface area contributed by atoms with Crippen molar-refractivity contribution < 1.29 is 19.1 Å². The lowest BCUT2D eigenvalue weighted by molar-refractivity contribution is -0.147. The van der Waals surface area contributed by atoms with E-state index in [2.05, 4.69) is 0 Å². The van der Waals surface area contributed by atoms with Gasteiger partial charge in [-0.25, -0.2) is 0 Å². The quantitative estimate of drug-likeness (QED) is 0.537. The summed E-state index contributed by atoms with van der Waals surface area (Å²) in [7, 11) is 0. The van der Waals surface area contributed by atoms with Crippen LogP contribution < -0.4 is 0 Å². The van der Waals surface area contributed by atoms with Crippen LogP contribution in [0.25, 0.3) is 0 Å². The molecule has 0 bridgehead atoms. The van der Waals surface area contributed by atoms with Crippen molar-refractivity contribution in [2.45, 2.75) is 13.0 Å². The zero-order valence-electron chi connectivity index (χ0n) is 6.78. The summed E-state index contributed by atoms with van der Waals surface area (Å²) in [5.41, 5.74) is 0. The van der Waals surface area contributed by atoms with Crippen molar-refractivity contribution in [2.24, 2.45) is 11.8 Å². The molecule has 0 spiro atoms. The second-order valence-electron chi connectivity index (χ2n) is 3.05. The molecular formula is C8H10O4. The zero-order valence-corrected chi connectivity index (χ0v) is 6.78. The first-order valence-electron chi connectivity index (χ1n) is 4.06. The van der Waals surface area contributed by atoms with Crippen molar-refractivity contribution in [2.75, 3.05) is 13.2 Å². The Morgan fingerprint density at radius 2 is 2.50 bits per heavy atom. The Balaban J connectivity index is 1.94. The van der Waals surface area contributed by atoms with Crippen LogP contribution in [0.3, 0.4) is 0 Å². The monoisotopic (exact) mass is 170 g/mol. The lowest BCUT2D eigenvalue weighted by Crippen LogP contribution is -2.16. The molecule has 0 aromatic heterocycles. The highest BCUT2D eigenvalue weighted by atomic mass is 16.5. The molecular weight excluding hydrogens is 160 g/mol. The Bertz CT molecular complexity index is 235. The highest BCUT2D eigenvalue weighted by Crippen LogP contribution is 2.47. The van der Waals surface area contributed by atoms with E-state index in [9.17, 15) is 9.59 Å². The van der Waals surface area contributed by atoms with Crippen molar-refractivity contribution >= 4 is 11.8 Å². The van der Waals surface area contributed by atoms with Crippen molar-refractivity contribution in [3.63, 3.8) is 0 Å². The fraction of sp³-hybridized carbons (Fsp3) is 0.750. The second kappa shape index (κ2) is 2.55. The molecule has 0 aromatic rings. The Hall–Kier alpha value is -0.900. The number of ether oxygens (including phenoxy) is 2. The van der Waals surface area contributed by atoms with Gasteiger partial charge in [-0.15, -0.1) is 0 Å². The summed E-state index contributed by atoms with van der Waals surface area (Å²) in [4.78, 5) is 22.1. The molecule has 2 aliphatic rings. The molecule has 2 rings (SSSR count). The summed E-state index contributed by atoms with van der Waals surface area (Å²) >= 11 is 0. The van der Waals surface area contributed by atoms with Crippen molar-refractivity contribution in [3.05, 3.63) is 0 Å². The van der Waals surface area contributed by atoms with E-state index in [1.807, 2.05) is 0 Å². The molecule has 1 saturated heterocycles. The number of esters is 1. The summed E-state index contributed by atoms with van der Waals surface area (Å²) in [5, 5.41) is 0. The van der Waals surface area contributed by atoms with Gasteiger partial charge in [-0.05, 0) is 6.92 Å². The van der Waals surface area contributed by atoms with Crippen molar-refractivity contribution in [1.29, 1.82) is 0 Å². The Kier molecular flexibility index (Phi) is 1.65. The minimum Gasteiger partial charge on any atom is -0.466 e. The minimum atomic E-state index is -0.300. The first kappa shape index (κ1) is 7.73. The normalized spacial score (nSPS) is 37.8. The smallest absolute Gasteiger partial charge is 0.312 e. The van der Waals surface area contributed by atoms with Gasteiger partial charge < -0.3 is 9.47 Å². The molecule has 0 unspecified atom stereocenters. The first-order chi connectivity index (χ1) is 5.75. The molecule has 3 atom stereocenters. The van der Waals surface area contributed by atoms with Gasteiger partial charge >= 0.3 is 5.97 Å². The SMILES string of the molecule is CCOC(=O)[C@H]1[C@@H]2OCC(=O)[C@@H]21. The second-order valence-corrected chi connectivity index (χ2v) is 3.05. The van der Waals surface area contributed by atoms with Crippen LogP contribution in [0.4, 0.5) is 0 Å². The Labute approximate surface area is 69.8 Å². The molecule has 1 aliphatic carbocycles. The van der Waals surface area contributed by atoms with E-state index in [1.165, 1.54) is 0 Å². The van der Waals surface area contributed by atoms with Crippen LogP contribution in [0.2, 0.25) is 0 Å². The van der Waals surface area contributed by atoms with Crippen LogP contribution >= 0.6 is 0 Å². The standard InChI is InChI=1S/C8H10O4/c1-2-11-8(10)6-5-4(9)3-12-7(5)6/h5-7H,2-3H2,1H3/t5-,6-,7-/m1/s1. The van der Waals surface area contributed by atoms with Gasteiger partial charge in [0.1, 0.15) is 6.61 Å². The van der Waals surface area contributed by atoms with E-state index in [0.717, 1.165) is 0 Å². The maximum absolute atomic E-state index is 11.1. The zero-order chi connectivity index (χ0) is 8.72. The summed E-state index contributed by atoms with van der Waals surface area (Å²) in [6.45, 7) is 2.28. The molecule has 66 valence electrons. The van der Waals surface area contributed by atoms with E-state index in [0.29, 0.717) is 6.61 Å².